The van der Waals surface area contributed by atoms with Gasteiger partial charge in [0.05, 0.1) is 12.7 Å². The van der Waals surface area contributed by atoms with Gasteiger partial charge in [0.15, 0.2) is 0 Å². The second-order valence-corrected chi connectivity index (χ2v) is 4.91. The van der Waals surface area contributed by atoms with Gasteiger partial charge in [0.25, 0.3) is 0 Å². The average Bonchev–Trinajstić information content (AvgIpc) is 2.30. The molecule has 4 nitrogen and oxygen atoms in total. The first-order valence-corrected chi connectivity index (χ1v) is 6.43. The van der Waals surface area contributed by atoms with Crippen LogP contribution in [0.2, 0.25) is 0 Å². The average molecular weight is 226 g/mol. The Hall–Kier alpha value is -0.770. The van der Waals surface area contributed by atoms with Crippen molar-refractivity contribution in [2.45, 2.75) is 51.2 Å². The molecular weight excluding hydrogens is 204 g/mol. The molecule has 0 radical (unpaired) electrons. The summed E-state index contributed by atoms with van der Waals surface area (Å²) in [6.45, 7) is 4.13. The molecule has 2 rings (SSSR count). The zero-order valence-corrected chi connectivity index (χ0v) is 10.1. The molecule has 0 spiro atoms. The van der Waals surface area contributed by atoms with E-state index in [9.17, 15) is 4.79 Å². The summed E-state index contributed by atoms with van der Waals surface area (Å²) in [7, 11) is 0. The number of morpholine rings is 1. The fourth-order valence-electron chi connectivity index (χ4n) is 2.52. The maximum absolute atomic E-state index is 12.0. The predicted octanol–water partition coefficient (Wildman–Crippen LogP) is 1.75. The van der Waals surface area contributed by atoms with Crippen LogP contribution in [0.3, 0.4) is 0 Å². The summed E-state index contributed by atoms with van der Waals surface area (Å²) in [5, 5.41) is 3.14. The predicted molar refractivity (Wildman–Crippen MR) is 62.4 cm³/mol. The van der Waals surface area contributed by atoms with Gasteiger partial charge in [-0.2, -0.15) is 0 Å². The number of ether oxygens (including phenoxy) is 1. The van der Waals surface area contributed by atoms with Crippen LogP contribution in [-0.4, -0.2) is 42.8 Å². The van der Waals surface area contributed by atoms with Gasteiger partial charge in [0, 0.05) is 19.1 Å². The van der Waals surface area contributed by atoms with Crippen molar-refractivity contribution in [1.29, 1.82) is 0 Å². The lowest BCUT2D eigenvalue weighted by Gasteiger charge is -2.33. The molecular formula is C12H22N2O2. The molecule has 1 aliphatic carbocycles. The van der Waals surface area contributed by atoms with E-state index >= 15 is 0 Å². The molecule has 0 unspecified atom stereocenters. The number of carbonyl (C=O) groups excluding carboxylic acids is 1. The second-order valence-electron chi connectivity index (χ2n) is 4.91. The number of rotatable bonds is 1. The van der Waals surface area contributed by atoms with Gasteiger partial charge in [-0.15, -0.1) is 0 Å². The van der Waals surface area contributed by atoms with Crippen LogP contribution < -0.4 is 5.32 Å². The third-order valence-electron chi connectivity index (χ3n) is 3.46. The normalized spacial score (nSPS) is 27.8. The standard InChI is InChI=1S/C12H22N2O2/c1-10-9-14(7-8-16-10)12(15)13-11-5-3-2-4-6-11/h10-11H,2-9H2,1H3,(H,13,15)/t10-/m0/s1. The number of amides is 2. The molecule has 1 saturated carbocycles. The second kappa shape index (κ2) is 5.53. The highest BCUT2D eigenvalue weighted by atomic mass is 16.5. The topological polar surface area (TPSA) is 41.6 Å². The fourth-order valence-corrected chi connectivity index (χ4v) is 2.52. The van der Waals surface area contributed by atoms with E-state index in [4.69, 9.17) is 4.74 Å². The molecule has 2 aliphatic rings. The van der Waals surface area contributed by atoms with Crippen molar-refractivity contribution in [1.82, 2.24) is 10.2 Å². The molecule has 1 heterocycles. The first kappa shape index (κ1) is 11.7. The van der Waals surface area contributed by atoms with Crippen LogP contribution in [0.4, 0.5) is 4.79 Å². The van der Waals surface area contributed by atoms with Gasteiger partial charge in [0.2, 0.25) is 0 Å². The van der Waals surface area contributed by atoms with E-state index in [2.05, 4.69) is 5.32 Å². The Morgan fingerprint density at radius 1 is 1.31 bits per heavy atom. The summed E-state index contributed by atoms with van der Waals surface area (Å²) in [6.07, 6.45) is 6.29. The number of urea groups is 1. The van der Waals surface area contributed by atoms with Gasteiger partial charge in [-0.25, -0.2) is 4.79 Å². The summed E-state index contributed by atoms with van der Waals surface area (Å²) in [4.78, 5) is 13.8. The van der Waals surface area contributed by atoms with Crippen molar-refractivity contribution in [2.75, 3.05) is 19.7 Å². The molecule has 1 N–H and O–H groups in total. The molecule has 2 amide bonds. The minimum absolute atomic E-state index is 0.0991. The first-order chi connectivity index (χ1) is 7.75. The van der Waals surface area contributed by atoms with Crippen LogP contribution in [0.5, 0.6) is 0 Å². The number of hydrogen-bond acceptors (Lipinski definition) is 2. The summed E-state index contributed by atoms with van der Waals surface area (Å²) in [5.41, 5.74) is 0. The maximum atomic E-state index is 12.0. The van der Waals surface area contributed by atoms with Crippen LogP contribution in [0.15, 0.2) is 0 Å². The summed E-state index contributed by atoms with van der Waals surface area (Å²) in [6, 6.07) is 0.501. The Bertz CT molecular complexity index is 239. The van der Waals surface area contributed by atoms with Gasteiger partial charge in [0.1, 0.15) is 0 Å². The highest BCUT2D eigenvalue weighted by molar-refractivity contribution is 5.74. The van der Waals surface area contributed by atoms with Crippen molar-refractivity contribution in [3.63, 3.8) is 0 Å². The molecule has 1 aliphatic heterocycles. The Kier molecular flexibility index (Phi) is 4.04. The molecule has 0 aromatic carbocycles. The van der Waals surface area contributed by atoms with Gasteiger partial charge in [-0.05, 0) is 19.8 Å². The SMILES string of the molecule is C[C@H]1CN(C(=O)NC2CCCCC2)CCO1. The Balaban J connectivity index is 1.77. The zero-order chi connectivity index (χ0) is 11.4. The molecule has 0 bridgehead atoms. The third-order valence-corrected chi connectivity index (χ3v) is 3.46. The fraction of sp³-hybridized carbons (Fsp3) is 0.917. The molecule has 0 aromatic heterocycles. The minimum Gasteiger partial charge on any atom is -0.375 e. The third kappa shape index (κ3) is 3.11. The van der Waals surface area contributed by atoms with E-state index in [1.54, 1.807) is 0 Å². The lowest BCUT2D eigenvalue weighted by atomic mass is 9.96. The highest BCUT2D eigenvalue weighted by Crippen LogP contribution is 2.17. The summed E-state index contributed by atoms with van der Waals surface area (Å²) >= 11 is 0. The van der Waals surface area contributed by atoms with Gasteiger partial charge in [-0.1, -0.05) is 19.3 Å². The van der Waals surface area contributed by atoms with E-state index < -0.39 is 0 Å². The lowest BCUT2D eigenvalue weighted by Crippen LogP contribution is -2.51. The summed E-state index contributed by atoms with van der Waals surface area (Å²) in [5.74, 6) is 0. The van der Waals surface area contributed by atoms with Crippen LogP contribution >= 0.6 is 0 Å². The largest absolute Gasteiger partial charge is 0.375 e. The first-order valence-electron chi connectivity index (χ1n) is 6.43. The number of nitrogens with zero attached hydrogens (tertiary/aromatic N) is 1. The number of carbonyl (C=O) groups is 1. The Labute approximate surface area is 97.3 Å². The molecule has 2 fully saturated rings. The van der Waals surface area contributed by atoms with Crippen LogP contribution in [0.25, 0.3) is 0 Å². The molecule has 0 aromatic rings. The summed E-state index contributed by atoms with van der Waals surface area (Å²) < 4.78 is 5.43. The molecule has 1 saturated heterocycles. The molecule has 4 heteroatoms. The zero-order valence-electron chi connectivity index (χ0n) is 10.1. The van der Waals surface area contributed by atoms with Gasteiger partial charge >= 0.3 is 6.03 Å². The van der Waals surface area contributed by atoms with Crippen LogP contribution in [0, 0.1) is 0 Å². The van der Waals surface area contributed by atoms with Gasteiger partial charge in [-0.3, -0.25) is 0 Å². The van der Waals surface area contributed by atoms with Crippen molar-refractivity contribution >= 4 is 6.03 Å². The molecule has 1 atom stereocenters. The molecule has 16 heavy (non-hydrogen) atoms. The highest BCUT2D eigenvalue weighted by Gasteiger charge is 2.23. The van der Waals surface area contributed by atoms with E-state index in [0.717, 1.165) is 25.9 Å². The molecule has 92 valence electrons. The Morgan fingerprint density at radius 2 is 2.06 bits per heavy atom. The monoisotopic (exact) mass is 226 g/mol. The number of nitrogens with one attached hydrogen (secondary N) is 1. The van der Waals surface area contributed by atoms with E-state index in [1.807, 2.05) is 11.8 Å². The van der Waals surface area contributed by atoms with Crippen molar-refractivity contribution in [3.8, 4) is 0 Å². The van der Waals surface area contributed by atoms with Crippen molar-refractivity contribution in [3.05, 3.63) is 0 Å². The lowest BCUT2D eigenvalue weighted by molar-refractivity contribution is -0.00402. The smallest absolute Gasteiger partial charge is 0.317 e. The Morgan fingerprint density at radius 3 is 2.75 bits per heavy atom. The van der Waals surface area contributed by atoms with E-state index in [0.29, 0.717) is 12.6 Å². The van der Waals surface area contributed by atoms with Crippen molar-refractivity contribution < 1.29 is 9.53 Å². The number of hydrogen-bond donors (Lipinski definition) is 1. The van der Waals surface area contributed by atoms with Gasteiger partial charge < -0.3 is 15.0 Å². The van der Waals surface area contributed by atoms with Crippen LogP contribution in [0.1, 0.15) is 39.0 Å². The maximum Gasteiger partial charge on any atom is 0.317 e. The minimum atomic E-state index is 0.0991. The van der Waals surface area contributed by atoms with Crippen LogP contribution in [-0.2, 0) is 4.74 Å². The van der Waals surface area contributed by atoms with Crippen molar-refractivity contribution in [2.24, 2.45) is 0 Å². The van der Waals surface area contributed by atoms with E-state index in [-0.39, 0.29) is 12.1 Å². The quantitative estimate of drug-likeness (QED) is 0.740. The van der Waals surface area contributed by atoms with E-state index in [1.165, 1.54) is 19.3 Å².